The quantitative estimate of drug-likeness (QED) is 0.759. The van der Waals surface area contributed by atoms with E-state index in [0.29, 0.717) is 11.8 Å². The SMILES string of the molecule is FC(F)(F)OCCOc1ccc(CNC2CC2)cc1Br. The molecular formula is C13H15BrF3NO2. The van der Waals surface area contributed by atoms with Gasteiger partial charge in [-0.25, -0.2) is 0 Å². The van der Waals surface area contributed by atoms with Gasteiger partial charge >= 0.3 is 6.36 Å². The highest BCUT2D eigenvalue weighted by Crippen LogP contribution is 2.27. The Bertz CT molecular complexity index is 450. The largest absolute Gasteiger partial charge is 0.522 e. The molecule has 1 aliphatic rings. The van der Waals surface area contributed by atoms with Crippen LogP contribution in [0.15, 0.2) is 22.7 Å². The lowest BCUT2D eigenvalue weighted by Gasteiger charge is -2.11. The number of benzene rings is 1. The molecule has 3 nitrogen and oxygen atoms in total. The number of hydrogen-bond donors (Lipinski definition) is 1. The molecule has 20 heavy (non-hydrogen) atoms. The fourth-order valence-electron chi connectivity index (χ4n) is 1.63. The Labute approximate surface area is 123 Å². The van der Waals surface area contributed by atoms with Crippen LogP contribution in [0.2, 0.25) is 0 Å². The summed E-state index contributed by atoms with van der Waals surface area (Å²) in [7, 11) is 0. The summed E-state index contributed by atoms with van der Waals surface area (Å²) in [5.74, 6) is 0.506. The number of halogens is 4. The summed E-state index contributed by atoms with van der Waals surface area (Å²) in [6.07, 6.45) is -2.16. The van der Waals surface area contributed by atoms with Crippen LogP contribution in [-0.4, -0.2) is 25.6 Å². The lowest BCUT2D eigenvalue weighted by atomic mass is 10.2. The second kappa shape index (κ2) is 6.78. The van der Waals surface area contributed by atoms with E-state index in [4.69, 9.17) is 4.74 Å². The minimum absolute atomic E-state index is 0.155. The first-order valence-corrected chi connectivity index (χ1v) is 7.08. The van der Waals surface area contributed by atoms with Gasteiger partial charge < -0.3 is 10.1 Å². The molecule has 0 aromatic heterocycles. The van der Waals surface area contributed by atoms with E-state index in [-0.39, 0.29) is 6.61 Å². The highest BCUT2D eigenvalue weighted by Gasteiger charge is 2.28. The van der Waals surface area contributed by atoms with Gasteiger partial charge in [-0.1, -0.05) is 6.07 Å². The molecule has 0 radical (unpaired) electrons. The standard InChI is InChI=1S/C13H15BrF3NO2/c14-11-7-9(8-18-10-2-3-10)1-4-12(11)19-5-6-20-13(15,16)17/h1,4,7,10,18H,2-3,5-6,8H2. The van der Waals surface area contributed by atoms with Crippen LogP contribution in [0.5, 0.6) is 5.75 Å². The Morgan fingerprint density at radius 2 is 2.00 bits per heavy atom. The first-order chi connectivity index (χ1) is 9.44. The average molecular weight is 354 g/mol. The molecule has 0 bridgehead atoms. The minimum atomic E-state index is -4.61. The average Bonchev–Trinajstić information content (AvgIpc) is 3.17. The third-order valence-corrected chi connectivity index (χ3v) is 3.39. The van der Waals surface area contributed by atoms with E-state index in [1.54, 1.807) is 6.07 Å². The summed E-state index contributed by atoms with van der Waals surface area (Å²) in [6.45, 7) is 0.0967. The van der Waals surface area contributed by atoms with Gasteiger partial charge in [0.25, 0.3) is 0 Å². The van der Waals surface area contributed by atoms with Gasteiger partial charge in [-0.3, -0.25) is 4.74 Å². The van der Waals surface area contributed by atoms with Gasteiger partial charge in [0.2, 0.25) is 0 Å². The van der Waals surface area contributed by atoms with Crippen LogP contribution in [0.4, 0.5) is 13.2 Å². The Kier molecular flexibility index (Phi) is 5.29. The number of rotatable bonds is 7. The third kappa shape index (κ3) is 5.68. The van der Waals surface area contributed by atoms with E-state index in [2.05, 4.69) is 26.0 Å². The van der Waals surface area contributed by atoms with Crippen molar-refractivity contribution in [2.45, 2.75) is 31.8 Å². The van der Waals surface area contributed by atoms with Crippen LogP contribution in [-0.2, 0) is 11.3 Å². The molecule has 1 aromatic carbocycles. The summed E-state index contributed by atoms with van der Waals surface area (Å²) in [5.41, 5.74) is 1.10. The second-order valence-corrected chi connectivity index (χ2v) is 5.42. The van der Waals surface area contributed by atoms with E-state index < -0.39 is 13.0 Å². The first-order valence-electron chi connectivity index (χ1n) is 6.29. The van der Waals surface area contributed by atoms with Crippen LogP contribution in [0.25, 0.3) is 0 Å². The summed E-state index contributed by atoms with van der Waals surface area (Å²) < 4.78 is 44.9. The highest BCUT2D eigenvalue weighted by atomic mass is 79.9. The van der Waals surface area contributed by atoms with Crippen LogP contribution in [0, 0.1) is 0 Å². The van der Waals surface area contributed by atoms with Crippen LogP contribution in [0.3, 0.4) is 0 Å². The van der Waals surface area contributed by atoms with Gasteiger partial charge in [0.05, 0.1) is 11.1 Å². The normalized spacial score (nSPS) is 15.4. The van der Waals surface area contributed by atoms with Crippen molar-refractivity contribution >= 4 is 15.9 Å². The van der Waals surface area contributed by atoms with Gasteiger partial charge in [0.15, 0.2) is 0 Å². The van der Waals surface area contributed by atoms with Crippen LogP contribution in [0.1, 0.15) is 18.4 Å². The topological polar surface area (TPSA) is 30.5 Å². The molecule has 0 amide bonds. The van der Waals surface area contributed by atoms with Crippen molar-refractivity contribution in [2.75, 3.05) is 13.2 Å². The third-order valence-electron chi connectivity index (χ3n) is 2.78. The smallest absolute Gasteiger partial charge is 0.490 e. The predicted octanol–water partition coefficient (Wildman–Crippen LogP) is 3.62. The summed E-state index contributed by atoms with van der Waals surface area (Å²) in [4.78, 5) is 0. The molecule has 1 aromatic rings. The first kappa shape index (κ1) is 15.6. The molecule has 0 saturated heterocycles. The zero-order valence-corrected chi connectivity index (χ0v) is 12.3. The highest BCUT2D eigenvalue weighted by molar-refractivity contribution is 9.10. The van der Waals surface area contributed by atoms with E-state index in [1.165, 1.54) is 12.8 Å². The number of ether oxygens (including phenoxy) is 2. The van der Waals surface area contributed by atoms with Crippen molar-refractivity contribution in [3.8, 4) is 5.75 Å². The van der Waals surface area contributed by atoms with E-state index in [1.807, 2.05) is 12.1 Å². The van der Waals surface area contributed by atoms with E-state index >= 15 is 0 Å². The zero-order chi connectivity index (χ0) is 14.6. The maximum atomic E-state index is 11.8. The summed E-state index contributed by atoms with van der Waals surface area (Å²) in [6, 6.07) is 6.15. The van der Waals surface area contributed by atoms with Crippen molar-refractivity contribution in [3.05, 3.63) is 28.2 Å². The molecule has 1 saturated carbocycles. The molecule has 1 aliphatic carbocycles. The van der Waals surface area contributed by atoms with Crippen molar-refractivity contribution < 1.29 is 22.6 Å². The number of alkyl halides is 3. The Morgan fingerprint density at radius 1 is 1.25 bits per heavy atom. The van der Waals surface area contributed by atoms with Crippen LogP contribution < -0.4 is 10.1 Å². The Morgan fingerprint density at radius 3 is 2.60 bits per heavy atom. The number of nitrogens with one attached hydrogen (secondary N) is 1. The fraction of sp³-hybridized carbons (Fsp3) is 0.538. The fourth-order valence-corrected chi connectivity index (χ4v) is 2.17. The molecule has 0 heterocycles. The molecule has 112 valence electrons. The maximum Gasteiger partial charge on any atom is 0.522 e. The lowest BCUT2D eigenvalue weighted by Crippen LogP contribution is -2.18. The van der Waals surface area contributed by atoms with Gasteiger partial charge in [0, 0.05) is 12.6 Å². The van der Waals surface area contributed by atoms with Crippen molar-refractivity contribution in [3.63, 3.8) is 0 Å². The summed E-state index contributed by atoms with van der Waals surface area (Å²) in [5, 5.41) is 3.38. The van der Waals surface area contributed by atoms with E-state index in [9.17, 15) is 13.2 Å². The maximum absolute atomic E-state index is 11.8. The molecule has 2 rings (SSSR count). The molecule has 7 heteroatoms. The molecule has 0 aliphatic heterocycles. The number of hydrogen-bond acceptors (Lipinski definition) is 3. The van der Waals surface area contributed by atoms with Crippen molar-refractivity contribution in [2.24, 2.45) is 0 Å². The second-order valence-electron chi connectivity index (χ2n) is 4.56. The van der Waals surface area contributed by atoms with Gasteiger partial charge in [-0.05, 0) is 46.5 Å². The van der Waals surface area contributed by atoms with Crippen LogP contribution >= 0.6 is 15.9 Å². The minimum Gasteiger partial charge on any atom is -0.490 e. The van der Waals surface area contributed by atoms with Crippen molar-refractivity contribution in [1.29, 1.82) is 0 Å². The van der Waals surface area contributed by atoms with E-state index in [0.717, 1.165) is 16.6 Å². The molecular weight excluding hydrogens is 339 g/mol. The summed E-state index contributed by atoms with van der Waals surface area (Å²) >= 11 is 3.35. The molecule has 1 N–H and O–H groups in total. The van der Waals surface area contributed by atoms with Gasteiger partial charge in [0.1, 0.15) is 12.4 Å². The van der Waals surface area contributed by atoms with Crippen molar-refractivity contribution in [1.82, 2.24) is 5.32 Å². The molecule has 0 atom stereocenters. The predicted molar refractivity (Wildman–Crippen MR) is 71.5 cm³/mol. The van der Waals surface area contributed by atoms with Gasteiger partial charge in [-0.15, -0.1) is 13.2 Å². The molecule has 1 fully saturated rings. The zero-order valence-electron chi connectivity index (χ0n) is 10.7. The monoisotopic (exact) mass is 353 g/mol. The Hall–Kier alpha value is -0.790. The Balaban J connectivity index is 1.76. The van der Waals surface area contributed by atoms with Gasteiger partial charge in [-0.2, -0.15) is 0 Å². The molecule has 0 spiro atoms. The lowest BCUT2D eigenvalue weighted by molar-refractivity contribution is -0.325. The molecule has 0 unspecified atom stereocenters.